The summed E-state index contributed by atoms with van der Waals surface area (Å²) in [7, 11) is 1.54. The summed E-state index contributed by atoms with van der Waals surface area (Å²) in [6, 6.07) is 19.2. The Morgan fingerprint density at radius 3 is 2.25 bits per heavy atom. The number of H-pyrrole nitrogens is 1. The Balaban J connectivity index is 0.000000433. The highest BCUT2D eigenvalue weighted by molar-refractivity contribution is 5.85. The van der Waals surface area contributed by atoms with Crippen LogP contribution in [-0.2, 0) is 0 Å². The number of aromatic nitrogens is 3. The highest BCUT2D eigenvalue weighted by atomic mass is 16.5. The van der Waals surface area contributed by atoms with Crippen LogP contribution in [0.3, 0.4) is 0 Å². The normalized spacial score (nSPS) is 12.8. The lowest BCUT2D eigenvalue weighted by Gasteiger charge is -2.15. The molecule has 0 saturated carbocycles. The Morgan fingerprint density at radius 1 is 1.03 bits per heavy atom. The van der Waals surface area contributed by atoms with Crippen molar-refractivity contribution in [2.75, 3.05) is 20.2 Å². The molecule has 0 spiro atoms. The maximum Gasteiger partial charge on any atom is 0.348 e. The molecule has 32 heavy (non-hydrogen) atoms. The summed E-state index contributed by atoms with van der Waals surface area (Å²) in [5.41, 5.74) is 5.08. The molecule has 1 aliphatic rings. The number of aryl methyl sites for hydroxylation is 1. The van der Waals surface area contributed by atoms with Gasteiger partial charge >= 0.3 is 5.69 Å². The molecule has 5 rings (SSSR count). The van der Waals surface area contributed by atoms with Gasteiger partial charge in [0.05, 0.1) is 24.4 Å². The molecule has 2 aromatic carbocycles. The largest absolute Gasteiger partial charge is 0.493 e. The van der Waals surface area contributed by atoms with Crippen LogP contribution < -0.4 is 15.7 Å². The van der Waals surface area contributed by atoms with Crippen LogP contribution in [-0.4, -0.2) is 34.8 Å². The predicted molar refractivity (Wildman–Crippen MR) is 125 cm³/mol. The zero-order chi connectivity index (χ0) is 22.5. The van der Waals surface area contributed by atoms with Crippen molar-refractivity contribution in [3.05, 3.63) is 76.2 Å². The zero-order valence-corrected chi connectivity index (χ0v) is 18.2. The van der Waals surface area contributed by atoms with Crippen molar-refractivity contribution >= 4 is 5.65 Å². The maximum absolute atomic E-state index is 12.5. The monoisotopic (exact) mass is 427 g/mol. The van der Waals surface area contributed by atoms with E-state index < -0.39 is 0 Å². The molecule has 0 bridgehead atoms. The number of pyridine rings is 1. The number of methoxy groups -OCH3 is 1. The van der Waals surface area contributed by atoms with Crippen LogP contribution in [0.25, 0.3) is 28.0 Å². The molecule has 3 heterocycles. The molecule has 0 amide bonds. The van der Waals surface area contributed by atoms with Gasteiger partial charge in [0, 0.05) is 5.56 Å². The second kappa shape index (κ2) is 9.50. The Kier molecular flexibility index (Phi) is 6.34. The second-order valence-electron chi connectivity index (χ2n) is 7.68. The molecule has 0 atom stereocenters. The minimum Gasteiger partial charge on any atom is -0.493 e. The fourth-order valence-electron chi connectivity index (χ4n) is 3.77. The lowest BCUT2D eigenvalue weighted by atomic mass is 9.97. The van der Waals surface area contributed by atoms with Crippen molar-refractivity contribution in [2.45, 2.75) is 19.8 Å². The van der Waals surface area contributed by atoms with E-state index in [1.807, 2.05) is 49.4 Å². The van der Waals surface area contributed by atoms with Crippen LogP contribution in [0.4, 0.5) is 0 Å². The number of nitriles is 1. The van der Waals surface area contributed by atoms with Crippen molar-refractivity contribution in [2.24, 2.45) is 0 Å². The van der Waals surface area contributed by atoms with E-state index >= 15 is 0 Å². The van der Waals surface area contributed by atoms with Gasteiger partial charge in [-0.25, -0.2) is 14.3 Å². The minimum atomic E-state index is -0.339. The number of nitrogens with one attached hydrogen (secondary N) is 2. The van der Waals surface area contributed by atoms with E-state index in [-0.39, 0.29) is 5.69 Å². The minimum absolute atomic E-state index is 0.339. The first-order valence-electron chi connectivity index (χ1n) is 10.6. The zero-order valence-electron chi connectivity index (χ0n) is 18.2. The molecule has 2 aromatic heterocycles. The summed E-state index contributed by atoms with van der Waals surface area (Å²) >= 11 is 0. The molecule has 0 unspecified atom stereocenters. The summed E-state index contributed by atoms with van der Waals surface area (Å²) in [6.07, 6.45) is 2.78. The van der Waals surface area contributed by atoms with Crippen molar-refractivity contribution in [1.29, 1.82) is 5.26 Å². The molecule has 1 aliphatic heterocycles. The van der Waals surface area contributed by atoms with Crippen LogP contribution in [0.5, 0.6) is 5.75 Å². The Labute approximate surface area is 186 Å². The molecule has 7 heteroatoms. The standard InChI is InChI=1S/C21H16N4O2.C4H9N/c1-13-3-7-16(8-4-13)19-17(15-9-5-14(12-22)6-10-15)11-18(27-2)20-23-24-21(26)25(19)20;1-2-4-5-3-1/h3-11H,1-2H3,(H,24,26);5H,1-4H2. The number of hydrogen-bond donors (Lipinski definition) is 2. The summed E-state index contributed by atoms with van der Waals surface area (Å²) in [4.78, 5) is 12.5. The van der Waals surface area contributed by atoms with Crippen LogP contribution >= 0.6 is 0 Å². The number of rotatable bonds is 3. The molecule has 162 valence electrons. The maximum atomic E-state index is 12.5. The van der Waals surface area contributed by atoms with E-state index in [1.54, 1.807) is 19.2 Å². The second-order valence-corrected chi connectivity index (χ2v) is 7.68. The van der Waals surface area contributed by atoms with Gasteiger partial charge in [-0.05, 0) is 62.2 Å². The van der Waals surface area contributed by atoms with Crippen LogP contribution in [0, 0.1) is 18.3 Å². The smallest absolute Gasteiger partial charge is 0.348 e. The summed E-state index contributed by atoms with van der Waals surface area (Å²) in [5, 5.41) is 18.9. The van der Waals surface area contributed by atoms with E-state index in [9.17, 15) is 4.79 Å². The lowest BCUT2D eigenvalue weighted by molar-refractivity contribution is 0.417. The number of nitrogens with zero attached hydrogens (tertiary/aromatic N) is 3. The number of ether oxygens (including phenoxy) is 1. The fourth-order valence-corrected chi connectivity index (χ4v) is 3.77. The Morgan fingerprint density at radius 2 is 1.69 bits per heavy atom. The predicted octanol–water partition coefficient (Wildman–Crippen LogP) is 3.92. The third kappa shape index (κ3) is 4.27. The lowest BCUT2D eigenvalue weighted by Crippen LogP contribution is -2.13. The summed E-state index contributed by atoms with van der Waals surface area (Å²) in [6.45, 7) is 4.51. The highest BCUT2D eigenvalue weighted by Gasteiger charge is 2.19. The van der Waals surface area contributed by atoms with Gasteiger partial charge in [0.1, 0.15) is 0 Å². The molecule has 1 fully saturated rings. The Bertz CT molecular complexity index is 1300. The van der Waals surface area contributed by atoms with Crippen LogP contribution in [0.15, 0.2) is 59.4 Å². The van der Waals surface area contributed by atoms with E-state index in [1.165, 1.54) is 30.3 Å². The number of benzene rings is 2. The van der Waals surface area contributed by atoms with Gasteiger partial charge < -0.3 is 10.1 Å². The number of hydrogen-bond acceptors (Lipinski definition) is 5. The summed E-state index contributed by atoms with van der Waals surface area (Å²) < 4.78 is 6.99. The van der Waals surface area contributed by atoms with Crippen molar-refractivity contribution in [1.82, 2.24) is 19.9 Å². The Hall–Kier alpha value is -3.89. The molecule has 1 saturated heterocycles. The third-order valence-corrected chi connectivity index (χ3v) is 5.47. The van der Waals surface area contributed by atoms with E-state index in [2.05, 4.69) is 21.6 Å². The van der Waals surface area contributed by atoms with Crippen LogP contribution in [0.1, 0.15) is 24.0 Å². The molecule has 7 nitrogen and oxygen atoms in total. The van der Waals surface area contributed by atoms with Gasteiger partial charge in [-0.2, -0.15) is 5.26 Å². The number of aromatic amines is 1. The summed E-state index contributed by atoms with van der Waals surface area (Å²) in [5.74, 6) is 0.489. The third-order valence-electron chi connectivity index (χ3n) is 5.47. The van der Waals surface area contributed by atoms with Gasteiger partial charge in [0.2, 0.25) is 5.65 Å². The van der Waals surface area contributed by atoms with E-state index in [0.29, 0.717) is 22.7 Å². The molecule has 4 aromatic rings. The van der Waals surface area contributed by atoms with E-state index in [4.69, 9.17) is 10.00 Å². The topological polar surface area (TPSA) is 95.2 Å². The quantitative estimate of drug-likeness (QED) is 0.517. The van der Waals surface area contributed by atoms with Gasteiger partial charge in [0.15, 0.2) is 5.75 Å². The molecular weight excluding hydrogens is 402 g/mol. The molecule has 0 radical (unpaired) electrons. The number of fused-ring (bicyclic) bond motifs is 1. The molecule has 2 N–H and O–H groups in total. The molecular formula is C25H25N5O2. The SMILES string of the molecule is C1CCNC1.COc1cc(-c2ccc(C#N)cc2)c(-c2ccc(C)cc2)n2c(=O)[nH]nc12. The van der Waals surface area contributed by atoms with Crippen molar-refractivity contribution in [3.63, 3.8) is 0 Å². The van der Waals surface area contributed by atoms with Gasteiger partial charge in [-0.1, -0.05) is 42.0 Å². The van der Waals surface area contributed by atoms with Gasteiger partial charge in [-0.3, -0.25) is 0 Å². The first kappa shape index (κ1) is 21.3. The van der Waals surface area contributed by atoms with Gasteiger partial charge in [0.25, 0.3) is 0 Å². The first-order chi connectivity index (χ1) is 15.6. The van der Waals surface area contributed by atoms with E-state index in [0.717, 1.165) is 22.3 Å². The average Bonchev–Trinajstić information content (AvgIpc) is 3.53. The molecule has 0 aliphatic carbocycles. The first-order valence-corrected chi connectivity index (χ1v) is 10.6. The average molecular weight is 428 g/mol. The van der Waals surface area contributed by atoms with Gasteiger partial charge in [-0.15, -0.1) is 5.10 Å². The fraction of sp³-hybridized carbons (Fsp3) is 0.240. The van der Waals surface area contributed by atoms with Crippen molar-refractivity contribution in [3.8, 4) is 34.2 Å². The van der Waals surface area contributed by atoms with Crippen molar-refractivity contribution < 1.29 is 4.74 Å². The highest BCUT2D eigenvalue weighted by Crippen LogP contribution is 2.36. The van der Waals surface area contributed by atoms with Crippen LogP contribution in [0.2, 0.25) is 0 Å².